The van der Waals surface area contributed by atoms with E-state index in [0.29, 0.717) is 19.4 Å². The van der Waals surface area contributed by atoms with Gasteiger partial charge >= 0.3 is 7.12 Å². The van der Waals surface area contributed by atoms with E-state index in [0.717, 1.165) is 6.20 Å². The lowest BCUT2D eigenvalue weighted by atomic mass is 9.75. The van der Waals surface area contributed by atoms with Crippen molar-refractivity contribution in [2.24, 2.45) is 5.92 Å². The van der Waals surface area contributed by atoms with Crippen molar-refractivity contribution in [1.82, 2.24) is 20.6 Å². The van der Waals surface area contributed by atoms with Gasteiger partial charge in [0.05, 0.1) is 18.7 Å². The van der Waals surface area contributed by atoms with E-state index < -0.39 is 36.7 Å². The van der Waals surface area contributed by atoms with Gasteiger partial charge in [-0.3, -0.25) is 9.59 Å². The van der Waals surface area contributed by atoms with Crippen LogP contribution >= 0.6 is 0 Å². The number of carbonyl (C=O) groups excluding carboxylic acids is 2. The van der Waals surface area contributed by atoms with Gasteiger partial charge in [0, 0.05) is 6.54 Å². The number of nitrogens with zero attached hydrogens (tertiary/aromatic N) is 3. The Balaban J connectivity index is 1.84. The van der Waals surface area contributed by atoms with Gasteiger partial charge in [-0.15, -0.1) is 0 Å². The van der Waals surface area contributed by atoms with Gasteiger partial charge < -0.3 is 25.6 Å². The Morgan fingerprint density at radius 3 is 2.73 bits per heavy atom. The average Bonchev–Trinajstić information content (AvgIpc) is 2.53. The molecule has 0 aliphatic carbocycles. The molecular formula is C15H23BFN5O4. The van der Waals surface area contributed by atoms with Gasteiger partial charge in [0.1, 0.15) is 12.4 Å². The standard InChI is InChI=1S/C15H23BFN5O4/c1-9(2)5-12(16(25)26)21-13(23)7-19-15(24)11-3-4-22(11)14-10(17)6-18-8-20-14/h6,8-9,11-12,25-26H,3-5,7H2,1-2H3,(H,19,24)(H,21,23)/t11-,12?/m0/s1. The lowest BCUT2D eigenvalue weighted by molar-refractivity contribution is -0.127. The minimum atomic E-state index is -1.68. The first-order valence-corrected chi connectivity index (χ1v) is 8.45. The fourth-order valence-electron chi connectivity index (χ4n) is 2.74. The minimum Gasteiger partial charge on any atom is -0.426 e. The number of carbonyl (C=O) groups is 2. The van der Waals surface area contributed by atoms with Gasteiger partial charge in [-0.1, -0.05) is 13.8 Å². The molecule has 2 heterocycles. The molecule has 26 heavy (non-hydrogen) atoms. The Kier molecular flexibility index (Phi) is 6.87. The zero-order chi connectivity index (χ0) is 19.3. The van der Waals surface area contributed by atoms with E-state index in [1.54, 1.807) is 0 Å². The Morgan fingerprint density at radius 1 is 1.46 bits per heavy atom. The van der Waals surface area contributed by atoms with Crippen molar-refractivity contribution >= 4 is 24.8 Å². The molecule has 0 bridgehead atoms. The van der Waals surface area contributed by atoms with E-state index in [1.165, 1.54) is 11.2 Å². The molecule has 4 N–H and O–H groups in total. The summed E-state index contributed by atoms with van der Waals surface area (Å²) in [6.45, 7) is 3.95. The zero-order valence-electron chi connectivity index (χ0n) is 14.7. The summed E-state index contributed by atoms with van der Waals surface area (Å²) < 4.78 is 13.7. The molecule has 142 valence electrons. The van der Waals surface area contributed by atoms with Gasteiger partial charge in [-0.2, -0.15) is 0 Å². The second-order valence-electron chi connectivity index (χ2n) is 6.63. The molecule has 1 saturated heterocycles. The van der Waals surface area contributed by atoms with Crippen LogP contribution in [-0.4, -0.2) is 64.0 Å². The van der Waals surface area contributed by atoms with Crippen molar-refractivity contribution < 1.29 is 24.0 Å². The molecule has 0 saturated carbocycles. The average molecular weight is 367 g/mol. The lowest BCUT2D eigenvalue weighted by Crippen LogP contribution is -2.58. The summed E-state index contributed by atoms with van der Waals surface area (Å²) in [6, 6.07) is -0.609. The minimum absolute atomic E-state index is 0.0521. The monoisotopic (exact) mass is 367 g/mol. The van der Waals surface area contributed by atoms with Crippen molar-refractivity contribution in [3.05, 3.63) is 18.3 Å². The van der Waals surface area contributed by atoms with E-state index in [4.69, 9.17) is 0 Å². The van der Waals surface area contributed by atoms with Crippen LogP contribution in [0.3, 0.4) is 0 Å². The lowest BCUT2D eigenvalue weighted by Gasteiger charge is -2.40. The molecule has 1 aliphatic heterocycles. The summed E-state index contributed by atoms with van der Waals surface area (Å²) in [5.74, 6) is -2.17. The number of anilines is 1. The summed E-state index contributed by atoms with van der Waals surface area (Å²) in [6.07, 6.45) is 3.13. The van der Waals surface area contributed by atoms with Crippen LogP contribution in [0.2, 0.25) is 0 Å². The number of halogens is 1. The third-order valence-electron chi connectivity index (χ3n) is 4.10. The smallest absolute Gasteiger partial charge is 0.426 e. The normalized spacial score (nSPS) is 17.5. The number of rotatable bonds is 8. The van der Waals surface area contributed by atoms with Crippen LogP contribution in [0.5, 0.6) is 0 Å². The molecule has 9 nitrogen and oxygen atoms in total. The topological polar surface area (TPSA) is 128 Å². The SMILES string of the molecule is CC(C)CC(NC(=O)CNC(=O)[C@@H]1CCN1c1ncncc1F)B(O)O. The molecule has 2 atom stereocenters. The highest BCUT2D eigenvalue weighted by Crippen LogP contribution is 2.26. The molecule has 1 aliphatic rings. The van der Waals surface area contributed by atoms with Crippen LogP contribution in [0.1, 0.15) is 26.7 Å². The van der Waals surface area contributed by atoms with Crippen LogP contribution in [0.25, 0.3) is 0 Å². The fourth-order valence-corrected chi connectivity index (χ4v) is 2.74. The molecule has 0 radical (unpaired) electrons. The Labute approximate surface area is 151 Å². The maximum Gasteiger partial charge on any atom is 0.475 e. The second-order valence-corrected chi connectivity index (χ2v) is 6.63. The predicted molar refractivity (Wildman–Crippen MR) is 92.3 cm³/mol. The zero-order valence-corrected chi connectivity index (χ0v) is 14.7. The van der Waals surface area contributed by atoms with E-state index in [-0.39, 0.29) is 18.3 Å². The van der Waals surface area contributed by atoms with Gasteiger partial charge in [-0.05, 0) is 18.8 Å². The quantitative estimate of drug-likeness (QED) is 0.428. The fraction of sp³-hybridized carbons (Fsp3) is 0.600. The number of hydrogen-bond donors (Lipinski definition) is 4. The maximum atomic E-state index is 13.7. The molecule has 1 aromatic rings. The molecule has 0 aromatic carbocycles. The third-order valence-corrected chi connectivity index (χ3v) is 4.10. The Bertz CT molecular complexity index is 648. The summed E-state index contributed by atoms with van der Waals surface area (Å²) in [5.41, 5.74) is 0. The first kappa shape index (κ1) is 20.1. The summed E-state index contributed by atoms with van der Waals surface area (Å²) in [4.78, 5) is 33.1. The predicted octanol–water partition coefficient (Wildman–Crippen LogP) is -1.15. The molecule has 1 fully saturated rings. The molecular weight excluding hydrogens is 344 g/mol. The number of hydrogen-bond acceptors (Lipinski definition) is 7. The van der Waals surface area contributed by atoms with Crippen molar-refractivity contribution in [3.63, 3.8) is 0 Å². The van der Waals surface area contributed by atoms with Crippen molar-refractivity contribution in [3.8, 4) is 0 Å². The highest BCUT2D eigenvalue weighted by Gasteiger charge is 2.36. The highest BCUT2D eigenvalue weighted by atomic mass is 19.1. The number of nitrogens with one attached hydrogen (secondary N) is 2. The van der Waals surface area contributed by atoms with Crippen LogP contribution < -0.4 is 15.5 Å². The highest BCUT2D eigenvalue weighted by molar-refractivity contribution is 6.43. The summed E-state index contributed by atoms with van der Waals surface area (Å²) >= 11 is 0. The Hall–Kier alpha value is -2.27. The van der Waals surface area contributed by atoms with Crippen molar-refractivity contribution in [2.45, 2.75) is 38.7 Å². The van der Waals surface area contributed by atoms with Gasteiger partial charge in [0.25, 0.3) is 0 Å². The van der Waals surface area contributed by atoms with Gasteiger partial charge in [0.2, 0.25) is 11.8 Å². The molecule has 2 rings (SSSR count). The second kappa shape index (κ2) is 8.90. The molecule has 0 spiro atoms. The van der Waals surface area contributed by atoms with Crippen molar-refractivity contribution in [2.75, 3.05) is 18.0 Å². The van der Waals surface area contributed by atoms with Crippen molar-refractivity contribution in [1.29, 1.82) is 0 Å². The first-order chi connectivity index (χ1) is 12.3. The van der Waals surface area contributed by atoms with Crippen LogP contribution in [0, 0.1) is 11.7 Å². The maximum absolute atomic E-state index is 13.7. The van der Waals surface area contributed by atoms with Crippen LogP contribution in [0.15, 0.2) is 12.5 Å². The molecule has 1 aromatic heterocycles. The number of amides is 2. The van der Waals surface area contributed by atoms with Gasteiger partial charge in [0.15, 0.2) is 11.6 Å². The van der Waals surface area contributed by atoms with Crippen LogP contribution in [0.4, 0.5) is 10.2 Å². The van der Waals surface area contributed by atoms with E-state index >= 15 is 0 Å². The van der Waals surface area contributed by atoms with E-state index in [2.05, 4.69) is 20.6 Å². The molecule has 1 unspecified atom stereocenters. The first-order valence-electron chi connectivity index (χ1n) is 8.45. The van der Waals surface area contributed by atoms with E-state index in [9.17, 15) is 24.0 Å². The largest absolute Gasteiger partial charge is 0.475 e. The Morgan fingerprint density at radius 2 is 2.19 bits per heavy atom. The van der Waals surface area contributed by atoms with Gasteiger partial charge in [-0.25, -0.2) is 14.4 Å². The van der Waals surface area contributed by atoms with E-state index in [1.807, 2.05) is 13.8 Å². The summed E-state index contributed by atoms with van der Waals surface area (Å²) in [7, 11) is -1.68. The third kappa shape index (κ3) is 5.12. The number of aromatic nitrogens is 2. The molecule has 2 amide bonds. The van der Waals surface area contributed by atoms with Crippen LogP contribution in [-0.2, 0) is 9.59 Å². The summed E-state index contributed by atoms with van der Waals surface area (Å²) in [5, 5.41) is 23.6. The molecule has 11 heteroatoms.